The van der Waals surface area contributed by atoms with Gasteiger partial charge in [-0.25, -0.2) is 0 Å². The van der Waals surface area contributed by atoms with Crippen LogP contribution in [0.2, 0.25) is 0 Å². The van der Waals surface area contributed by atoms with Gasteiger partial charge in [0.15, 0.2) is 0 Å². The van der Waals surface area contributed by atoms with E-state index in [-0.39, 0.29) is 0 Å². The summed E-state index contributed by atoms with van der Waals surface area (Å²) in [5.41, 5.74) is 9.27. The number of aromatic amines is 1. The number of nitrogens with two attached hydrogens (primary N) is 1. The number of aromatic nitrogens is 4. The van der Waals surface area contributed by atoms with Crippen LogP contribution in [0.3, 0.4) is 0 Å². The Morgan fingerprint density at radius 3 is 2.69 bits per heavy atom. The third-order valence-electron chi connectivity index (χ3n) is 2.17. The fourth-order valence-electron chi connectivity index (χ4n) is 1.26. The lowest BCUT2D eigenvalue weighted by molar-refractivity contribution is 0.740. The quantitative estimate of drug-likeness (QED) is 0.673. The zero-order chi connectivity index (χ0) is 9.42. The molecule has 0 aliphatic heterocycles. The molecule has 0 saturated heterocycles. The number of rotatable bonds is 1. The Kier molecular flexibility index (Phi) is 1.58. The molecule has 0 bridgehead atoms. The molecule has 2 heterocycles. The Labute approximate surface area is 75.6 Å². The maximum Gasteiger partial charge on any atom is 0.0914 e. The van der Waals surface area contributed by atoms with E-state index in [0.717, 1.165) is 17.0 Å². The van der Waals surface area contributed by atoms with Crippen molar-refractivity contribution in [3.63, 3.8) is 0 Å². The van der Waals surface area contributed by atoms with Crippen molar-refractivity contribution in [2.45, 2.75) is 6.92 Å². The molecular weight excluding hydrogens is 166 g/mol. The van der Waals surface area contributed by atoms with Crippen LogP contribution in [0.25, 0.3) is 11.3 Å². The zero-order valence-corrected chi connectivity index (χ0v) is 7.57. The molecule has 0 aliphatic rings. The summed E-state index contributed by atoms with van der Waals surface area (Å²) in [6, 6.07) is 0. The summed E-state index contributed by atoms with van der Waals surface area (Å²) in [6.07, 6.45) is 3.38. The van der Waals surface area contributed by atoms with Crippen molar-refractivity contribution in [3.8, 4) is 11.3 Å². The monoisotopic (exact) mass is 177 g/mol. The van der Waals surface area contributed by atoms with Gasteiger partial charge in [-0.15, -0.1) is 0 Å². The lowest BCUT2D eigenvalue weighted by Gasteiger charge is -1.97. The van der Waals surface area contributed by atoms with Crippen molar-refractivity contribution in [1.29, 1.82) is 0 Å². The molecule has 0 fully saturated rings. The van der Waals surface area contributed by atoms with E-state index in [0.29, 0.717) is 5.69 Å². The first-order chi connectivity index (χ1) is 6.20. The summed E-state index contributed by atoms with van der Waals surface area (Å²) in [7, 11) is 1.89. The highest BCUT2D eigenvalue weighted by Gasteiger charge is 2.10. The van der Waals surface area contributed by atoms with Crippen molar-refractivity contribution < 1.29 is 0 Å². The fourth-order valence-corrected chi connectivity index (χ4v) is 1.26. The van der Waals surface area contributed by atoms with Gasteiger partial charge in [-0.2, -0.15) is 10.2 Å². The minimum Gasteiger partial charge on any atom is -0.396 e. The van der Waals surface area contributed by atoms with Crippen LogP contribution in [0.5, 0.6) is 0 Å². The molecule has 0 amide bonds. The van der Waals surface area contributed by atoms with Gasteiger partial charge in [0.1, 0.15) is 0 Å². The van der Waals surface area contributed by atoms with Gasteiger partial charge in [0.05, 0.1) is 23.8 Å². The molecule has 2 rings (SSSR count). The Balaban J connectivity index is 2.59. The van der Waals surface area contributed by atoms with Gasteiger partial charge in [-0.1, -0.05) is 0 Å². The number of nitrogens with zero attached hydrogens (tertiary/aromatic N) is 3. The SMILES string of the molecule is Cc1c(-c2[nH]ncc2N)cnn1C. The van der Waals surface area contributed by atoms with E-state index >= 15 is 0 Å². The average molecular weight is 177 g/mol. The molecule has 13 heavy (non-hydrogen) atoms. The lowest BCUT2D eigenvalue weighted by Crippen LogP contribution is -1.93. The van der Waals surface area contributed by atoms with Crippen LogP contribution in [-0.2, 0) is 7.05 Å². The smallest absolute Gasteiger partial charge is 0.0914 e. The number of anilines is 1. The summed E-state index contributed by atoms with van der Waals surface area (Å²) in [5, 5.41) is 10.8. The van der Waals surface area contributed by atoms with Crippen molar-refractivity contribution in [1.82, 2.24) is 20.0 Å². The molecule has 0 aromatic carbocycles. The van der Waals surface area contributed by atoms with Crippen LogP contribution in [-0.4, -0.2) is 20.0 Å². The van der Waals surface area contributed by atoms with Gasteiger partial charge >= 0.3 is 0 Å². The molecule has 3 N–H and O–H groups in total. The normalized spacial score (nSPS) is 10.6. The average Bonchev–Trinajstić information content (AvgIpc) is 2.62. The second-order valence-corrected chi connectivity index (χ2v) is 2.97. The van der Waals surface area contributed by atoms with Gasteiger partial charge < -0.3 is 5.73 Å². The maximum atomic E-state index is 5.72. The van der Waals surface area contributed by atoms with Crippen molar-refractivity contribution in [2.75, 3.05) is 5.73 Å². The van der Waals surface area contributed by atoms with E-state index in [1.54, 1.807) is 17.1 Å². The number of hydrogen-bond acceptors (Lipinski definition) is 3. The van der Waals surface area contributed by atoms with Crippen molar-refractivity contribution in [3.05, 3.63) is 18.1 Å². The molecule has 0 saturated carbocycles. The van der Waals surface area contributed by atoms with Crippen LogP contribution in [0.1, 0.15) is 5.69 Å². The third kappa shape index (κ3) is 1.09. The summed E-state index contributed by atoms with van der Waals surface area (Å²) < 4.78 is 1.80. The maximum absolute atomic E-state index is 5.72. The molecule has 2 aromatic rings. The van der Waals surface area contributed by atoms with Gasteiger partial charge in [0, 0.05) is 18.3 Å². The highest BCUT2D eigenvalue weighted by molar-refractivity contribution is 5.72. The van der Waals surface area contributed by atoms with Gasteiger partial charge in [-0.05, 0) is 6.92 Å². The number of aryl methyl sites for hydroxylation is 1. The number of H-pyrrole nitrogens is 1. The number of nitrogens with one attached hydrogen (secondary N) is 1. The largest absolute Gasteiger partial charge is 0.396 e. The van der Waals surface area contributed by atoms with Crippen LogP contribution in [0.4, 0.5) is 5.69 Å². The zero-order valence-electron chi connectivity index (χ0n) is 7.57. The van der Waals surface area contributed by atoms with E-state index in [9.17, 15) is 0 Å². The molecule has 0 radical (unpaired) electrons. The highest BCUT2D eigenvalue weighted by atomic mass is 15.3. The second kappa shape index (κ2) is 2.62. The van der Waals surface area contributed by atoms with Crippen molar-refractivity contribution in [2.24, 2.45) is 7.05 Å². The molecule has 0 spiro atoms. The van der Waals surface area contributed by atoms with Crippen LogP contribution >= 0.6 is 0 Å². The Bertz CT molecular complexity index is 425. The second-order valence-electron chi connectivity index (χ2n) is 2.97. The predicted molar refractivity (Wildman–Crippen MR) is 49.9 cm³/mol. The van der Waals surface area contributed by atoms with E-state index in [2.05, 4.69) is 15.3 Å². The molecule has 0 unspecified atom stereocenters. The van der Waals surface area contributed by atoms with Gasteiger partial charge in [0.25, 0.3) is 0 Å². The van der Waals surface area contributed by atoms with E-state index in [1.165, 1.54) is 0 Å². The predicted octanol–water partition coefficient (Wildman–Crippen LogP) is 0.701. The molecular formula is C8H11N5. The minimum absolute atomic E-state index is 0.649. The van der Waals surface area contributed by atoms with E-state index in [1.807, 2.05) is 14.0 Å². The van der Waals surface area contributed by atoms with Gasteiger partial charge in [0.2, 0.25) is 0 Å². The fraction of sp³-hybridized carbons (Fsp3) is 0.250. The Morgan fingerprint density at radius 2 is 2.23 bits per heavy atom. The standard InChI is InChI=1S/C8H11N5/c1-5-6(3-11-13(5)2)8-7(9)4-10-12-8/h3-4H,9H2,1-2H3,(H,10,12). The van der Waals surface area contributed by atoms with Crippen molar-refractivity contribution >= 4 is 5.69 Å². The topological polar surface area (TPSA) is 72.5 Å². The summed E-state index contributed by atoms with van der Waals surface area (Å²) in [5.74, 6) is 0. The molecule has 0 aliphatic carbocycles. The molecule has 0 atom stereocenters. The lowest BCUT2D eigenvalue weighted by atomic mass is 10.2. The van der Waals surface area contributed by atoms with Gasteiger partial charge in [-0.3, -0.25) is 9.78 Å². The minimum atomic E-state index is 0.649. The first kappa shape index (κ1) is 7.85. The summed E-state index contributed by atoms with van der Waals surface area (Å²) >= 11 is 0. The van der Waals surface area contributed by atoms with Crippen LogP contribution in [0.15, 0.2) is 12.4 Å². The molecule has 5 heteroatoms. The third-order valence-corrected chi connectivity index (χ3v) is 2.17. The summed E-state index contributed by atoms with van der Waals surface area (Å²) in [6.45, 7) is 1.99. The molecule has 68 valence electrons. The molecule has 2 aromatic heterocycles. The first-order valence-corrected chi connectivity index (χ1v) is 3.98. The number of hydrogen-bond donors (Lipinski definition) is 2. The molecule has 5 nitrogen and oxygen atoms in total. The number of nitrogen functional groups attached to an aromatic ring is 1. The van der Waals surface area contributed by atoms with Crippen LogP contribution in [0, 0.1) is 6.92 Å². The highest BCUT2D eigenvalue weighted by Crippen LogP contribution is 2.24. The van der Waals surface area contributed by atoms with E-state index in [4.69, 9.17) is 5.73 Å². The Hall–Kier alpha value is -1.78. The van der Waals surface area contributed by atoms with Crippen LogP contribution < -0.4 is 5.73 Å². The Morgan fingerprint density at radius 1 is 1.46 bits per heavy atom. The first-order valence-electron chi connectivity index (χ1n) is 3.98. The van der Waals surface area contributed by atoms with E-state index < -0.39 is 0 Å². The summed E-state index contributed by atoms with van der Waals surface area (Å²) in [4.78, 5) is 0.